The van der Waals surface area contributed by atoms with Gasteiger partial charge in [0.15, 0.2) is 0 Å². The monoisotopic (exact) mass is 473 g/mol. The molecule has 0 spiro atoms. The van der Waals surface area contributed by atoms with Crippen LogP contribution in [-0.2, 0) is 25.8 Å². The predicted molar refractivity (Wildman–Crippen MR) is 124 cm³/mol. The Bertz CT molecular complexity index is 1370. The van der Waals surface area contributed by atoms with Gasteiger partial charge in [-0.3, -0.25) is 9.52 Å². The first-order valence-corrected chi connectivity index (χ1v) is 12.7. The Labute approximate surface area is 187 Å². The van der Waals surface area contributed by atoms with E-state index in [4.69, 9.17) is 5.14 Å². The zero-order valence-corrected chi connectivity index (χ0v) is 19.1. The second-order valence-electron chi connectivity index (χ2n) is 7.41. The molecule has 0 aliphatic carbocycles. The largest absolute Gasteiger partial charge is 0.322 e. The second-order valence-corrected chi connectivity index (χ2v) is 10.7. The molecule has 3 aromatic carbocycles. The molecule has 32 heavy (non-hydrogen) atoms. The Morgan fingerprint density at radius 1 is 0.875 bits per heavy atom. The van der Waals surface area contributed by atoms with Crippen molar-refractivity contribution in [3.05, 3.63) is 89.0 Å². The third kappa shape index (κ3) is 6.16. The Hall–Kier alpha value is -3.21. The quantitative estimate of drug-likeness (QED) is 0.484. The summed E-state index contributed by atoms with van der Waals surface area (Å²) in [6, 6.07) is 17.5. The fourth-order valence-corrected chi connectivity index (χ4v) is 4.78. The van der Waals surface area contributed by atoms with Crippen molar-refractivity contribution in [2.24, 2.45) is 5.14 Å². The lowest BCUT2D eigenvalue weighted by Gasteiger charge is -2.12. The lowest BCUT2D eigenvalue weighted by molar-refractivity contribution is 0.102. The summed E-state index contributed by atoms with van der Waals surface area (Å²) in [5, 5.41) is 7.72. The molecule has 0 atom stereocenters. The van der Waals surface area contributed by atoms with Gasteiger partial charge in [-0.2, -0.15) is 0 Å². The fraction of sp³-hybridized carbons (Fsp3) is 0.136. The van der Waals surface area contributed by atoms with Gasteiger partial charge in [0.05, 0.1) is 10.6 Å². The summed E-state index contributed by atoms with van der Waals surface area (Å²) in [6.07, 6.45) is 0. The third-order valence-corrected chi connectivity index (χ3v) is 6.73. The predicted octanol–water partition coefficient (Wildman–Crippen LogP) is 3.15. The number of carbonyl (C=O) groups is 1. The normalized spacial score (nSPS) is 11.7. The van der Waals surface area contributed by atoms with Crippen LogP contribution in [-0.4, -0.2) is 22.7 Å². The van der Waals surface area contributed by atoms with Crippen molar-refractivity contribution >= 4 is 37.3 Å². The van der Waals surface area contributed by atoms with Crippen LogP contribution in [0.1, 0.15) is 27.0 Å². The summed E-state index contributed by atoms with van der Waals surface area (Å²) in [4.78, 5) is 12.7. The highest BCUT2D eigenvalue weighted by molar-refractivity contribution is 7.92. The van der Waals surface area contributed by atoms with E-state index in [0.717, 1.165) is 5.56 Å². The van der Waals surface area contributed by atoms with E-state index in [9.17, 15) is 21.6 Å². The summed E-state index contributed by atoms with van der Waals surface area (Å²) < 4.78 is 50.5. The van der Waals surface area contributed by atoms with E-state index >= 15 is 0 Å². The molecule has 0 radical (unpaired) electrons. The van der Waals surface area contributed by atoms with Crippen LogP contribution in [0.2, 0.25) is 0 Å². The highest BCUT2D eigenvalue weighted by atomic mass is 32.2. The molecule has 0 aliphatic heterocycles. The molecule has 1 amide bonds. The van der Waals surface area contributed by atoms with Gasteiger partial charge in [-0.15, -0.1) is 0 Å². The number of sulfonamides is 2. The minimum Gasteiger partial charge on any atom is -0.322 e. The number of amides is 1. The summed E-state index contributed by atoms with van der Waals surface area (Å²) in [7, 11) is -7.55. The molecular formula is C22H23N3O5S2. The molecule has 168 valence electrons. The van der Waals surface area contributed by atoms with Gasteiger partial charge in [0.25, 0.3) is 15.9 Å². The Morgan fingerprint density at radius 3 is 2.19 bits per heavy atom. The number of hydrogen-bond acceptors (Lipinski definition) is 5. The molecule has 3 rings (SSSR count). The van der Waals surface area contributed by atoms with Crippen molar-refractivity contribution in [2.45, 2.75) is 24.5 Å². The molecule has 0 aromatic heterocycles. The van der Waals surface area contributed by atoms with Gasteiger partial charge in [-0.05, 0) is 66.9 Å². The first-order valence-electron chi connectivity index (χ1n) is 9.54. The Morgan fingerprint density at radius 2 is 1.56 bits per heavy atom. The maximum Gasteiger partial charge on any atom is 0.261 e. The topological polar surface area (TPSA) is 135 Å². The lowest BCUT2D eigenvalue weighted by atomic mass is 10.1. The first kappa shape index (κ1) is 23.5. The van der Waals surface area contributed by atoms with Crippen LogP contribution < -0.4 is 15.2 Å². The minimum absolute atomic E-state index is 0.0433. The molecule has 0 unspecified atom stereocenters. The molecule has 0 aliphatic rings. The minimum atomic E-state index is -3.90. The number of nitrogens with two attached hydrogens (primary N) is 1. The average molecular weight is 474 g/mol. The molecular weight excluding hydrogens is 450 g/mol. The standard InChI is InChI=1S/C22H23N3O5S2/c1-15-4-3-5-19(12-15)25-32(29,30)20-11-6-16(2)21(13-20)22(26)24-18-9-7-17(8-10-18)14-31(23,27)28/h3-13,25H,14H2,1-2H3,(H,24,26)(H2,23,27,28). The van der Waals surface area contributed by atoms with Gasteiger partial charge in [0.2, 0.25) is 10.0 Å². The van der Waals surface area contributed by atoms with Crippen LogP contribution in [0.3, 0.4) is 0 Å². The summed E-state index contributed by atoms with van der Waals surface area (Å²) in [6.45, 7) is 3.56. The van der Waals surface area contributed by atoms with E-state index in [2.05, 4.69) is 10.0 Å². The van der Waals surface area contributed by atoms with E-state index in [-0.39, 0.29) is 16.2 Å². The van der Waals surface area contributed by atoms with Crippen molar-refractivity contribution in [2.75, 3.05) is 10.0 Å². The number of anilines is 2. The molecule has 8 nitrogen and oxygen atoms in total. The summed E-state index contributed by atoms with van der Waals surface area (Å²) >= 11 is 0. The maximum atomic E-state index is 12.8. The fourth-order valence-electron chi connectivity index (χ4n) is 3.05. The van der Waals surface area contributed by atoms with Crippen molar-refractivity contribution in [1.29, 1.82) is 0 Å². The summed E-state index contributed by atoms with van der Waals surface area (Å²) in [5.74, 6) is -0.803. The van der Waals surface area contributed by atoms with E-state index < -0.39 is 26.0 Å². The van der Waals surface area contributed by atoms with Gasteiger partial charge < -0.3 is 5.32 Å². The molecule has 0 fully saturated rings. The van der Waals surface area contributed by atoms with Crippen LogP contribution in [0.15, 0.2) is 71.6 Å². The zero-order chi connectivity index (χ0) is 23.5. The molecule has 10 heteroatoms. The van der Waals surface area contributed by atoms with Crippen molar-refractivity contribution in [3.63, 3.8) is 0 Å². The molecule has 0 heterocycles. The highest BCUT2D eigenvalue weighted by Gasteiger charge is 2.19. The smallest absolute Gasteiger partial charge is 0.261 e. The molecule has 0 saturated carbocycles. The van der Waals surface area contributed by atoms with Gasteiger partial charge in [-0.1, -0.05) is 30.3 Å². The van der Waals surface area contributed by atoms with E-state index in [1.54, 1.807) is 55.5 Å². The maximum absolute atomic E-state index is 12.8. The number of primary sulfonamides is 1. The van der Waals surface area contributed by atoms with E-state index in [1.807, 2.05) is 13.0 Å². The van der Waals surface area contributed by atoms with Crippen LogP contribution in [0, 0.1) is 13.8 Å². The third-order valence-electron chi connectivity index (χ3n) is 4.61. The number of aryl methyl sites for hydroxylation is 2. The van der Waals surface area contributed by atoms with E-state index in [0.29, 0.717) is 22.5 Å². The van der Waals surface area contributed by atoms with Crippen molar-refractivity contribution < 1.29 is 21.6 Å². The van der Waals surface area contributed by atoms with Gasteiger partial charge in [-0.25, -0.2) is 22.0 Å². The summed E-state index contributed by atoms with van der Waals surface area (Å²) in [5.41, 5.74) is 3.05. The van der Waals surface area contributed by atoms with Crippen molar-refractivity contribution in [1.82, 2.24) is 0 Å². The van der Waals surface area contributed by atoms with Gasteiger partial charge in [0.1, 0.15) is 0 Å². The first-order chi connectivity index (χ1) is 14.9. The molecule has 0 bridgehead atoms. The number of nitrogens with one attached hydrogen (secondary N) is 2. The van der Waals surface area contributed by atoms with Crippen LogP contribution in [0.25, 0.3) is 0 Å². The van der Waals surface area contributed by atoms with Crippen LogP contribution >= 0.6 is 0 Å². The second kappa shape index (κ2) is 9.11. The van der Waals surface area contributed by atoms with Gasteiger partial charge >= 0.3 is 0 Å². The SMILES string of the molecule is Cc1cccc(NS(=O)(=O)c2ccc(C)c(C(=O)Nc3ccc(CS(N)(=O)=O)cc3)c2)c1. The van der Waals surface area contributed by atoms with Crippen LogP contribution in [0.4, 0.5) is 11.4 Å². The number of carbonyl (C=O) groups excluding carboxylic acids is 1. The molecule has 3 aromatic rings. The van der Waals surface area contributed by atoms with E-state index in [1.165, 1.54) is 12.1 Å². The van der Waals surface area contributed by atoms with Crippen LogP contribution in [0.5, 0.6) is 0 Å². The number of hydrogen-bond donors (Lipinski definition) is 3. The zero-order valence-electron chi connectivity index (χ0n) is 17.5. The highest BCUT2D eigenvalue weighted by Crippen LogP contribution is 2.21. The van der Waals surface area contributed by atoms with Crippen molar-refractivity contribution in [3.8, 4) is 0 Å². The molecule has 4 N–H and O–H groups in total. The lowest BCUT2D eigenvalue weighted by Crippen LogP contribution is -2.17. The number of benzene rings is 3. The Kier molecular flexibility index (Phi) is 6.68. The molecule has 0 saturated heterocycles. The number of rotatable bonds is 7. The average Bonchev–Trinajstić information content (AvgIpc) is 2.68. The van der Waals surface area contributed by atoms with Gasteiger partial charge in [0, 0.05) is 16.9 Å². The Balaban J connectivity index is 1.81.